The second-order valence-electron chi connectivity index (χ2n) is 5.98. The highest BCUT2D eigenvalue weighted by molar-refractivity contribution is 5.99. The van der Waals surface area contributed by atoms with E-state index in [9.17, 15) is 9.59 Å². The summed E-state index contributed by atoms with van der Waals surface area (Å²) < 4.78 is 0. The molecule has 4 nitrogen and oxygen atoms in total. The van der Waals surface area contributed by atoms with Crippen LogP contribution in [0.25, 0.3) is 0 Å². The summed E-state index contributed by atoms with van der Waals surface area (Å²) in [7, 11) is 0. The molecule has 1 aliphatic rings. The maximum atomic E-state index is 12.4. The molecule has 0 radical (unpaired) electrons. The van der Waals surface area contributed by atoms with Crippen LogP contribution in [-0.2, 0) is 9.59 Å². The molecule has 0 aromatic heterocycles. The Morgan fingerprint density at radius 2 is 1.94 bits per heavy atom. The maximum absolute atomic E-state index is 12.4. The van der Waals surface area contributed by atoms with Gasteiger partial charge in [-0.1, -0.05) is 25.5 Å². The number of hydrogen-bond donors (Lipinski definition) is 1. The van der Waals surface area contributed by atoms with Gasteiger partial charge < -0.3 is 10.2 Å². The van der Waals surface area contributed by atoms with Crippen LogP contribution in [0.5, 0.6) is 0 Å². The molecule has 1 aliphatic heterocycles. The molecule has 18 heavy (non-hydrogen) atoms. The van der Waals surface area contributed by atoms with Crippen molar-refractivity contribution in [3.8, 4) is 0 Å². The molecule has 0 bridgehead atoms. The van der Waals surface area contributed by atoms with Crippen molar-refractivity contribution in [2.45, 2.75) is 53.1 Å². The number of carbonyl (C=O) groups excluding carboxylic acids is 2. The normalized spacial score (nSPS) is 23.1. The van der Waals surface area contributed by atoms with Crippen LogP contribution in [0, 0.1) is 5.92 Å². The molecule has 4 heteroatoms. The maximum Gasteiger partial charge on any atom is 0.246 e. The molecule has 0 aliphatic carbocycles. The van der Waals surface area contributed by atoms with Gasteiger partial charge in [0, 0.05) is 6.54 Å². The number of nitrogens with zero attached hydrogens (tertiary/aromatic N) is 1. The van der Waals surface area contributed by atoms with Gasteiger partial charge in [0.25, 0.3) is 0 Å². The van der Waals surface area contributed by atoms with Crippen molar-refractivity contribution in [3.63, 3.8) is 0 Å². The van der Waals surface area contributed by atoms with Crippen LogP contribution in [-0.4, -0.2) is 34.8 Å². The second-order valence-corrected chi connectivity index (χ2v) is 5.98. The highest BCUT2D eigenvalue weighted by Gasteiger charge is 2.46. The lowest BCUT2D eigenvalue weighted by molar-refractivity contribution is -0.155. The smallest absolute Gasteiger partial charge is 0.246 e. The van der Waals surface area contributed by atoms with Gasteiger partial charge in [-0.05, 0) is 33.6 Å². The highest BCUT2D eigenvalue weighted by Crippen LogP contribution is 2.23. The van der Waals surface area contributed by atoms with E-state index in [1.165, 1.54) is 0 Å². The lowest BCUT2D eigenvalue weighted by Gasteiger charge is -2.45. The largest absolute Gasteiger partial charge is 0.342 e. The van der Waals surface area contributed by atoms with Crippen molar-refractivity contribution < 1.29 is 9.59 Å². The van der Waals surface area contributed by atoms with E-state index in [1.807, 2.05) is 33.8 Å². The van der Waals surface area contributed by atoms with Crippen LogP contribution in [0.4, 0.5) is 0 Å². The van der Waals surface area contributed by atoms with Gasteiger partial charge in [-0.25, -0.2) is 0 Å². The quantitative estimate of drug-likeness (QED) is 0.777. The lowest BCUT2D eigenvalue weighted by atomic mass is 9.91. The molecular weight excluding hydrogens is 228 g/mol. The summed E-state index contributed by atoms with van der Waals surface area (Å²) in [6, 6.07) is -0.406. The number of piperazine rings is 1. The Labute approximate surface area is 109 Å². The van der Waals surface area contributed by atoms with E-state index in [2.05, 4.69) is 5.32 Å². The third-order valence-corrected chi connectivity index (χ3v) is 3.40. The van der Waals surface area contributed by atoms with E-state index in [-0.39, 0.29) is 17.7 Å². The van der Waals surface area contributed by atoms with Crippen LogP contribution < -0.4 is 5.32 Å². The van der Waals surface area contributed by atoms with E-state index in [1.54, 1.807) is 18.7 Å². The van der Waals surface area contributed by atoms with Gasteiger partial charge in [0.15, 0.2) is 0 Å². The minimum atomic E-state index is -0.783. The summed E-state index contributed by atoms with van der Waals surface area (Å²) in [4.78, 5) is 26.2. The first kappa shape index (κ1) is 14.7. The molecule has 0 aromatic carbocycles. The van der Waals surface area contributed by atoms with E-state index < -0.39 is 11.6 Å². The van der Waals surface area contributed by atoms with Crippen LogP contribution in [0.1, 0.15) is 41.5 Å². The highest BCUT2D eigenvalue weighted by atomic mass is 16.2. The Hall–Kier alpha value is -1.32. The van der Waals surface area contributed by atoms with E-state index in [4.69, 9.17) is 0 Å². The predicted molar refractivity (Wildman–Crippen MR) is 72.0 cm³/mol. The van der Waals surface area contributed by atoms with Crippen molar-refractivity contribution >= 4 is 11.8 Å². The molecule has 1 saturated heterocycles. The molecule has 1 rings (SSSR count). The molecule has 1 unspecified atom stereocenters. The Kier molecular flexibility index (Phi) is 4.20. The zero-order valence-corrected chi connectivity index (χ0v) is 12.2. The summed E-state index contributed by atoms with van der Waals surface area (Å²) in [5, 5.41) is 2.82. The van der Waals surface area contributed by atoms with Crippen LogP contribution in [0.3, 0.4) is 0 Å². The molecule has 0 spiro atoms. The Morgan fingerprint density at radius 1 is 1.39 bits per heavy atom. The fourth-order valence-corrected chi connectivity index (χ4v) is 1.99. The predicted octanol–water partition coefficient (Wildman–Crippen LogP) is 1.71. The summed E-state index contributed by atoms with van der Waals surface area (Å²) in [5.41, 5.74) is 0.361. The summed E-state index contributed by atoms with van der Waals surface area (Å²) in [5.74, 6) is 0.0295. The molecule has 1 N–H and O–H groups in total. The number of carbonyl (C=O) groups is 2. The van der Waals surface area contributed by atoms with Crippen molar-refractivity contribution in [2.75, 3.05) is 6.54 Å². The monoisotopic (exact) mass is 252 g/mol. The van der Waals surface area contributed by atoms with Crippen molar-refractivity contribution in [1.82, 2.24) is 10.2 Å². The Balaban J connectivity index is 3.03. The first-order valence-corrected chi connectivity index (χ1v) is 6.43. The SMILES string of the molecule is CC(C)=CCN1C(=O)C(C(C)C)NC(=O)C1(C)C. The van der Waals surface area contributed by atoms with E-state index in [0.717, 1.165) is 5.57 Å². The molecule has 0 aromatic rings. The van der Waals surface area contributed by atoms with Gasteiger partial charge in [-0.3, -0.25) is 9.59 Å². The number of allylic oxidation sites excluding steroid dienone is 1. The Morgan fingerprint density at radius 3 is 2.39 bits per heavy atom. The van der Waals surface area contributed by atoms with E-state index >= 15 is 0 Å². The number of nitrogens with one attached hydrogen (secondary N) is 1. The van der Waals surface area contributed by atoms with E-state index in [0.29, 0.717) is 6.54 Å². The van der Waals surface area contributed by atoms with Crippen molar-refractivity contribution in [1.29, 1.82) is 0 Å². The van der Waals surface area contributed by atoms with Gasteiger partial charge in [-0.2, -0.15) is 0 Å². The fourth-order valence-electron chi connectivity index (χ4n) is 1.99. The van der Waals surface area contributed by atoms with Gasteiger partial charge in [0.1, 0.15) is 11.6 Å². The summed E-state index contributed by atoms with van der Waals surface area (Å²) >= 11 is 0. The van der Waals surface area contributed by atoms with Gasteiger partial charge in [0.05, 0.1) is 0 Å². The second kappa shape index (κ2) is 5.12. The minimum absolute atomic E-state index is 0.00657. The summed E-state index contributed by atoms with van der Waals surface area (Å²) in [6.45, 7) is 11.9. The molecule has 102 valence electrons. The minimum Gasteiger partial charge on any atom is -0.342 e. The lowest BCUT2D eigenvalue weighted by Crippen LogP contribution is -2.69. The van der Waals surface area contributed by atoms with Crippen LogP contribution >= 0.6 is 0 Å². The Bertz CT molecular complexity index is 379. The number of hydrogen-bond acceptors (Lipinski definition) is 2. The number of rotatable bonds is 3. The van der Waals surface area contributed by atoms with Crippen molar-refractivity contribution in [2.24, 2.45) is 5.92 Å². The molecule has 1 atom stereocenters. The molecule has 0 saturated carbocycles. The molecule has 1 heterocycles. The molecular formula is C14H24N2O2. The number of amides is 2. The first-order valence-electron chi connectivity index (χ1n) is 6.43. The van der Waals surface area contributed by atoms with Crippen LogP contribution in [0.2, 0.25) is 0 Å². The van der Waals surface area contributed by atoms with Gasteiger partial charge >= 0.3 is 0 Å². The standard InChI is InChI=1S/C14H24N2O2/c1-9(2)7-8-16-12(17)11(10(3)4)15-13(18)14(16,5)6/h7,10-11H,8H2,1-6H3,(H,15,18). The fraction of sp³-hybridized carbons (Fsp3) is 0.714. The van der Waals surface area contributed by atoms with Crippen LogP contribution in [0.15, 0.2) is 11.6 Å². The average molecular weight is 252 g/mol. The third kappa shape index (κ3) is 2.74. The average Bonchev–Trinajstić information content (AvgIpc) is 2.22. The topological polar surface area (TPSA) is 49.4 Å². The zero-order chi connectivity index (χ0) is 14.1. The third-order valence-electron chi connectivity index (χ3n) is 3.40. The van der Waals surface area contributed by atoms with Gasteiger partial charge in [-0.15, -0.1) is 0 Å². The summed E-state index contributed by atoms with van der Waals surface area (Å²) in [6.07, 6.45) is 1.98. The molecule has 1 fully saturated rings. The zero-order valence-electron chi connectivity index (χ0n) is 12.2. The first-order chi connectivity index (χ1) is 8.17. The van der Waals surface area contributed by atoms with Gasteiger partial charge in [0.2, 0.25) is 11.8 Å². The van der Waals surface area contributed by atoms with Crippen molar-refractivity contribution in [3.05, 3.63) is 11.6 Å². The molecule has 2 amide bonds.